The Morgan fingerprint density at radius 3 is 2.28 bits per heavy atom. The molecule has 25 nitrogen and oxygen atoms in total. The number of benzene rings is 2. The van der Waals surface area contributed by atoms with Crippen LogP contribution in [0.25, 0.3) is 22.3 Å². The van der Waals surface area contributed by atoms with Crippen molar-refractivity contribution in [1.29, 1.82) is 0 Å². The average Bonchev–Trinajstić information content (AvgIpc) is 4.19. The smallest absolute Gasteiger partial charge is 0.343 e. The number of fused-ring (bicyclic) bond motifs is 5. The Morgan fingerprint density at radius 2 is 1.59 bits per heavy atom. The van der Waals surface area contributed by atoms with Crippen molar-refractivity contribution >= 4 is 70.1 Å². The minimum Gasteiger partial charge on any atom is -0.480 e. The van der Waals surface area contributed by atoms with E-state index in [0.29, 0.717) is 57.4 Å². The van der Waals surface area contributed by atoms with Gasteiger partial charge in [0.15, 0.2) is 5.60 Å². The van der Waals surface area contributed by atoms with Gasteiger partial charge in [0.25, 0.3) is 5.56 Å². The molecule has 0 radical (unpaired) electrons. The van der Waals surface area contributed by atoms with Gasteiger partial charge in [0.2, 0.25) is 47.3 Å². The van der Waals surface area contributed by atoms with Crippen LogP contribution in [0.4, 0.5) is 4.39 Å². The van der Waals surface area contributed by atoms with Crippen molar-refractivity contribution in [2.75, 3.05) is 39.5 Å². The summed E-state index contributed by atoms with van der Waals surface area (Å²) in [6.45, 7) is 2.52. The van der Waals surface area contributed by atoms with Crippen LogP contribution in [-0.4, -0.2) is 142 Å². The number of halogens is 1. The Bertz CT molecular complexity index is 3260. The van der Waals surface area contributed by atoms with Crippen LogP contribution in [0.15, 0.2) is 47.3 Å². The van der Waals surface area contributed by atoms with Gasteiger partial charge in [0, 0.05) is 47.9 Å². The number of pyridine rings is 2. The van der Waals surface area contributed by atoms with E-state index in [-0.39, 0.29) is 49.1 Å². The molecule has 3 aliphatic heterocycles. The molecule has 26 heteroatoms. The number of cyclic esters (lactones) is 1. The molecule has 8 rings (SSSR count). The SMILES string of the molecule is CC[C@@]1(O)C(=O)OCc2c1cc1n(c2=O)Cc2c-1nc1cc(F)c(C)c3c1c2[C@@H](NC(=O)C(C)OCNC(=O)CNC(=O)[C@H](Cc1ccccc1)NC(=O)CNC(=O)CNC(=O)C(CNCC(=O)O)N1C(=O)CC(C)C1=O)CC3. The van der Waals surface area contributed by atoms with E-state index in [2.05, 4.69) is 37.2 Å². The van der Waals surface area contributed by atoms with Crippen molar-refractivity contribution in [3.8, 4) is 11.4 Å². The Balaban J connectivity index is 0.848. The van der Waals surface area contributed by atoms with Gasteiger partial charge in [0.1, 0.15) is 37.3 Å². The summed E-state index contributed by atoms with van der Waals surface area (Å²) in [5, 5.41) is 38.5. The Kier molecular flexibility index (Phi) is 17.0. The summed E-state index contributed by atoms with van der Waals surface area (Å²) in [4.78, 5) is 148. The van der Waals surface area contributed by atoms with Crippen LogP contribution in [0.5, 0.6) is 0 Å². The molecule has 6 atom stereocenters. The van der Waals surface area contributed by atoms with E-state index in [1.165, 1.54) is 24.5 Å². The lowest BCUT2D eigenvalue weighted by atomic mass is 9.81. The lowest BCUT2D eigenvalue weighted by Gasteiger charge is -2.31. The van der Waals surface area contributed by atoms with Crippen molar-refractivity contribution in [3.63, 3.8) is 0 Å². The van der Waals surface area contributed by atoms with Crippen molar-refractivity contribution in [3.05, 3.63) is 97.6 Å². The number of carbonyl (C=O) groups excluding carboxylic acids is 9. The molecule has 418 valence electrons. The number of nitrogens with zero attached hydrogens (tertiary/aromatic N) is 3. The number of aliphatic carboxylic acids is 1. The van der Waals surface area contributed by atoms with E-state index in [9.17, 15) is 57.8 Å². The number of carboxylic acid groups (broad SMARTS) is 1. The molecular formula is C53H59FN10O15. The molecule has 0 saturated carbocycles. The van der Waals surface area contributed by atoms with Crippen LogP contribution < -0.4 is 42.8 Å². The van der Waals surface area contributed by atoms with Crippen LogP contribution in [-0.2, 0) is 89.0 Å². The highest BCUT2D eigenvalue weighted by atomic mass is 19.1. The third-order valence-electron chi connectivity index (χ3n) is 14.5. The number of aromatic nitrogens is 2. The van der Waals surface area contributed by atoms with E-state index in [1.807, 2.05) is 0 Å². The lowest BCUT2D eigenvalue weighted by molar-refractivity contribution is -0.172. The normalized spacial score (nSPS) is 19.0. The molecule has 1 fully saturated rings. The number of likely N-dealkylation sites (tertiary alicyclic amines) is 1. The maximum Gasteiger partial charge on any atom is 0.343 e. The standard InChI is InChI=1S/C53H59FN10O15/c1-5-53(77)32-15-37-46-30(22-63(37)51(75)31(32)23-78-52(53)76)45-34(12-11-29-26(3)33(54)16-35(61-46)44(29)45)62-47(71)27(4)79-24-59-40(66)19-57-48(72)36(14-28-9-7-6-8-10-28)60-41(67)20-56-39(65)18-58-49(73)38(17-55-21-43(69)70)64-42(68)13-25(2)50(64)74/h6-10,15-16,25,27,34,36,38,55,77H,5,11-14,17-24H2,1-4H3,(H,56,65)(H,57,72)(H,58,73)(H,59,66)(H,60,67)(H,62,71)(H,69,70)/t25?,27?,34-,36-,38?,53-/m0/s1. The molecule has 79 heavy (non-hydrogen) atoms. The van der Waals surface area contributed by atoms with E-state index in [4.69, 9.17) is 19.6 Å². The zero-order valence-electron chi connectivity index (χ0n) is 43.5. The largest absolute Gasteiger partial charge is 0.480 e. The first kappa shape index (κ1) is 56.7. The maximum atomic E-state index is 15.4. The topological polar surface area (TPSA) is 352 Å². The molecule has 9 N–H and O–H groups in total. The fraction of sp³-hybridized carbons (Fsp3) is 0.434. The Morgan fingerprint density at radius 1 is 0.899 bits per heavy atom. The van der Waals surface area contributed by atoms with E-state index >= 15 is 4.39 Å². The van der Waals surface area contributed by atoms with Crippen molar-refractivity contribution in [2.24, 2.45) is 5.92 Å². The van der Waals surface area contributed by atoms with Crippen LogP contribution >= 0.6 is 0 Å². The van der Waals surface area contributed by atoms with E-state index < -0.39 is 146 Å². The quantitative estimate of drug-likeness (QED) is 0.0219. The number of hydrogen-bond donors (Lipinski definition) is 9. The zero-order chi connectivity index (χ0) is 57.0. The number of aliphatic hydroxyl groups is 1. The number of esters is 1. The fourth-order valence-corrected chi connectivity index (χ4v) is 10.2. The highest BCUT2D eigenvalue weighted by Gasteiger charge is 2.47. The number of carbonyl (C=O) groups is 10. The Labute approximate surface area is 449 Å². The summed E-state index contributed by atoms with van der Waals surface area (Å²) in [7, 11) is 0. The van der Waals surface area contributed by atoms with E-state index in [1.54, 1.807) is 50.2 Å². The number of ether oxygens (including phenoxy) is 2. The first-order valence-corrected chi connectivity index (χ1v) is 25.6. The molecule has 4 aromatic rings. The first-order valence-electron chi connectivity index (χ1n) is 25.6. The van der Waals surface area contributed by atoms with Gasteiger partial charge < -0.3 is 61.5 Å². The fourth-order valence-electron chi connectivity index (χ4n) is 10.2. The molecule has 3 unspecified atom stereocenters. The van der Waals surface area contributed by atoms with Gasteiger partial charge in [-0.2, -0.15) is 0 Å². The molecule has 8 amide bonds. The summed E-state index contributed by atoms with van der Waals surface area (Å²) in [6, 6.07) is 8.04. The summed E-state index contributed by atoms with van der Waals surface area (Å²) >= 11 is 0. The molecule has 0 bridgehead atoms. The Hall–Kier alpha value is -8.49. The van der Waals surface area contributed by atoms with Gasteiger partial charge in [-0.1, -0.05) is 44.2 Å². The molecule has 2 aromatic heterocycles. The van der Waals surface area contributed by atoms with Gasteiger partial charge in [-0.05, 0) is 61.4 Å². The molecule has 2 aromatic carbocycles. The molecular weight excluding hydrogens is 1040 g/mol. The van der Waals surface area contributed by atoms with Crippen molar-refractivity contribution in [2.45, 2.75) is 103 Å². The number of nitrogens with one attached hydrogen (secondary N) is 7. The third kappa shape index (κ3) is 11.8. The number of carboxylic acids is 1. The predicted molar refractivity (Wildman–Crippen MR) is 273 cm³/mol. The van der Waals surface area contributed by atoms with E-state index in [0.717, 1.165) is 4.90 Å². The van der Waals surface area contributed by atoms with Gasteiger partial charge in [-0.15, -0.1) is 0 Å². The van der Waals surface area contributed by atoms with Gasteiger partial charge >= 0.3 is 11.9 Å². The first-order chi connectivity index (χ1) is 37.6. The highest BCUT2D eigenvalue weighted by Crippen LogP contribution is 2.46. The minimum atomic E-state index is -2.07. The average molecular weight is 1100 g/mol. The second kappa shape index (κ2) is 23.6. The highest BCUT2D eigenvalue weighted by molar-refractivity contribution is 6.07. The number of aryl methyl sites for hydroxylation is 1. The van der Waals surface area contributed by atoms with Crippen LogP contribution in [0.1, 0.15) is 85.0 Å². The number of hydrogen-bond acceptors (Lipinski definition) is 16. The maximum absolute atomic E-state index is 15.4. The van der Waals surface area contributed by atoms with Crippen LogP contribution in [0.3, 0.4) is 0 Å². The van der Waals surface area contributed by atoms with Crippen LogP contribution in [0.2, 0.25) is 0 Å². The summed E-state index contributed by atoms with van der Waals surface area (Å²) < 4.78 is 27.8. The lowest BCUT2D eigenvalue weighted by Crippen LogP contribution is -2.56. The number of amides is 8. The second-order valence-corrected chi connectivity index (χ2v) is 19.7. The minimum absolute atomic E-state index is 0.0294. The third-order valence-corrected chi connectivity index (χ3v) is 14.5. The monoisotopic (exact) mass is 1090 g/mol. The summed E-state index contributed by atoms with van der Waals surface area (Å²) in [5.41, 5.74) is 1.60. The van der Waals surface area contributed by atoms with Gasteiger partial charge in [0.05, 0.1) is 61.2 Å². The van der Waals surface area contributed by atoms with Gasteiger partial charge in [-0.3, -0.25) is 52.8 Å². The molecule has 1 saturated heterocycles. The number of imide groups is 1. The molecule has 4 aliphatic rings. The second-order valence-electron chi connectivity index (χ2n) is 19.7. The number of rotatable bonds is 22. The van der Waals surface area contributed by atoms with Crippen molar-refractivity contribution in [1.82, 2.24) is 51.7 Å². The zero-order valence-corrected chi connectivity index (χ0v) is 43.5. The summed E-state index contributed by atoms with van der Waals surface area (Å²) in [5.74, 6) is -9.28. The van der Waals surface area contributed by atoms with Crippen LogP contribution in [0, 0.1) is 18.7 Å². The summed E-state index contributed by atoms with van der Waals surface area (Å²) in [6.07, 6.45) is -0.680. The molecule has 0 spiro atoms. The van der Waals surface area contributed by atoms with Crippen molar-refractivity contribution < 1.29 is 72.0 Å². The predicted octanol–water partition coefficient (Wildman–Crippen LogP) is -1.38. The molecule has 5 heterocycles. The van der Waals surface area contributed by atoms with Gasteiger partial charge in [-0.25, -0.2) is 14.2 Å². The molecule has 1 aliphatic carbocycles.